The van der Waals surface area contributed by atoms with Crippen LogP contribution >= 0.6 is 0 Å². The van der Waals surface area contributed by atoms with E-state index in [1.807, 2.05) is 36.4 Å². The Balaban J connectivity index is 1.94. The maximum atomic E-state index is 11.3. The van der Waals surface area contributed by atoms with Gasteiger partial charge in [-0.15, -0.1) is 0 Å². The highest BCUT2D eigenvalue weighted by atomic mass is 16.6. The second-order valence-corrected chi connectivity index (χ2v) is 5.29. The first-order valence-corrected chi connectivity index (χ1v) is 7.43. The van der Waals surface area contributed by atoms with E-state index in [4.69, 9.17) is 5.26 Å². The van der Waals surface area contributed by atoms with Crippen molar-refractivity contribution in [1.82, 2.24) is 9.55 Å². The number of benzene rings is 2. The van der Waals surface area contributed by atoms with E-state index >= 15 is 0 Å². The average Bonchev–Trinajstić information content (AvgIpc) is 3.05. The quantitative estimate of drug-likeness (QED) is 0.531. The van der Waals surface area contributed by atoms with Gasteiger partial charge in [0.05, 0.1) is 11.6 Å². The predicted octanol–water partition coefficient (Wildman–Crippen LogP) is 3.57. The summed E-state index contributed by atoms with van der Waals surface area (Å²) in [5.41, 5.74) is 2.79. The van der Waals surface area contributed by atoms with E-state index < -0.39 is 4.92 Å². The molecule has 3 aromatic rings. The third-order valence-electron chi connectivity index (χ3n) is 3.76. The number of hydrogen-bond acceptors (Lipinski definition) is 4. The Labute approximate surface area is 138 Å². The van der Waals surface area contributed by atoms with Crippen LogP contribution in [0.3, 0.4) is 0 Å². The van der Waals surface area contributed by atoms with Crippen molar-refractivity contribution in [3.8, 4) is 17.3 Å². The Bertz CT molecular complexity index is 893. The van der Waals surface area contributed by atoms with Crippen LogP contribution in [0.25, 0.3) is 11.3 Å². The molecule has 0 bridgehead atoms. The molecule has 2 aromatic carbocycles. The summed E-state index contributed by atoms with van der Waals surface area (Å²) in [7, 11) is 0. The lowest BCUT2D eigenvalue weighted by molar-refractivity contribution is -0.388. The van der Waals surface area contributed by atoms with Crippen LogP contribution in [0.5, 0.6) is 0 Å². The molecule has 0 aliphatic heterocycles. The molecule has 0 saturated heterocycles. The van der Waals surface area contributed by atoms with Gasteiger partial charge in [-0.25, -0.2) is 0 Å². The molecule has 0 aliphatic carbocycles. The van der Waals surface area contributed by atoms with E-state index in [1.165, 1.54) is 6.33 Å². The van der Waals surface area contributed by atoms with Gasteiger partial charge in [0.15, 0.2) is 5.69 Å². The molecule has 0 saturated carbocycles. The van der Waals surface area contributed by atoms with Gasteiger partial charge in [-0.05, 0) is 34.0 Å². The molecule has 118 valence electrons. The van der Waals surface area contributed by atoms with Gasteiger partial charge in [0.1, 0.15) is 0 Å². The molecule has 24 heavy (non-hydrogen) atoms. The van der Waals surface area contributed by atoms with Gasteiger partial charge in [-0.3, -0.25) is 0 Å². The fourth-order valence-corrected chi connectivity index (χ4v) is 2.57. The highest BCUT2D eigenvalue weighted by Gasteiger charge is 2.22. The maximum absolute atomic E-state index is 11.3. The third-order valence-corrected chi connectivity index (χ3v) is 3.76. The predicted molar refractivity (Wildman–Crippen MR) is 89.2 cm³/mol. The van der Waals surface area contributed by atoms with Crippen molar-refractivity contribution in [2.24, 2.45) is 0 Å². The fraction of sp³-hybridized carbons (Fsp3) is 0.111. The third kappa shape index (κ3) is 3.15. The maximum Gasteiger partial charge on any atom is 0.389 e. The molecular weight excluding hydrogens is 304 g/mol. The molecule has 0 atom stereocenters. The molecule has 0 N–H and O–H groups in total. The molecular formula is C18H14N4O2. The van der Waals surface area contributed by atoms with Crippen molar-refractivity contribution in [2.45, 2.75) is 13.0 Å². The minimum absolute atomic E-state index is 0.173. The standard InChI is InChI=1S/C18H14N4O2/c19-12-15-6-8-16(9-7-15)17-18(22(23)24)20-13-21(17)11-10-14-4-2-1-3-5-14/h1-9,13H,10-11H2. The Morgan fingerprint density at radius 1 is 1.12 bits per heavy atom. The van der Waals surface area contributed by atoms with Crippen molar-refractivity contribution >= 4 is 5.82 Å². The molecule has 0 aliphatic rings. The van der Waals surface area contributed by atoms with Gasteiger partial charge in [-0.2, -0.15) is 5.26 Å². The summed E-state index contributed by atoms with van der Waals surface area (Å²) in [5.74, 6) is -0.173. The average molecular weight is 318 g/mol. The number of aromatic nitrogens is 2. The summed E-state index contributed by atoms with van der Waals surface area (Å²) in [6.45, 7) is 0.584. The van der Waals surface area contributed by atoms with E-state index in [0.717, 1.165) is 12.0 Å². The van der Waals surface area contributed by atoms with Crippen LogP contribution in [0.2, 0.25) is 0 Å². The van der Waals surface area contributed by atoms with Gasteiger partial charge in [-0.1, -0.05) is 42.5 Å². The van der Waals surface area contributed by atoms with Crippen LogP contribution in [0, 0.1) is 21.4 Å². The van der Waals surface area contributed by atoms with Gasteiger partial charge in [0.25, 0.3) is 0 Å². The Kier molecular flexibility index (Phi) is 4.34. The molecule has 0 fully saturated rings. The number of nitro groups is 1. The molecule has 6 heteroatoms. The summed E-state index contributed by atoms with van der Waals surface area (Å²) in [5, 5.41) is 20.2. The molecule has 6 nitrogen and oxygen atoms in total. The largest absolute Gasteiger partial charge is 0.389 e. The zero-order valence-electron chi connectivity index (χ0n) is 12.8. The van der Waals surface area contributed by atoms with Crippen LogP contribution in [-0.2, 0) is 13.0 Å². The highest BCUT2D eigenvalue weighted by Crippen LogP contribution is 2.29. The van der Waals surface area contributed by atoms with Crippen molar-refractivity contribution in [2.75, 3.05) is 0 Å². The van der Waals surface area contributed by atoms with E-state index in [1.54, 1.807) is 28.8 Å². The van der Waals surface area contributed by atoms with Crippen LogP contribution in [0.1, 0.15) is 11.1 Å². The first-order valence-electron chi connectivity index (χ1n) is 7.43. The summed E-state index contributed by atoms with van der Waals surface area (Å²) in [6.07, 6.45) is 2.24. The SMILES string of the molecule is N#Cc1ccc(-c2c([N+](=O)[O-])ncn2CCc2ccccc2)cc1. The van der Waals surface area contributed by atoms with Gasteiger partial charge in [0, 0.05) is 12.1 Å². The van der Waals surface area contributed by atoms with Crippen molar-refractivity contribution < 1.29 is 4.92 Å². The molecule has 0 spiro atoms. The lowest BCUT2D eigenvalue weighted by Crippen LogP contribution is -2.03. The van der Waals surface area contributed by atoms with Gasteiger partial charge < -0.3 is 14.7 Å². The highest BCUT2D eigenvalue weighted by molar-refractivity contribution is 5.68. The lowest BCUT2D eigenvalue weighted by atomic mass is 10.1. The lowest BCUT2D eigenvalue weighted by Gasteiger charge is -2.07. The number of imidazole rings is 1. The van der Waals surface area contributed by atoms with Gasteiger partial charge >= 0.3 is 5.82 Å². The number of nitrogens with zero attached hydrogens (tertiary/aromatic N) is 4. The Morgan fingerprint density at radius 2 is 1.83 bits per heavy atom. The molecule has 0 radical (unpaired) electrons. The number of nitriles is 1. The normalized spacial score (nSPS) is 10.3. The van der Waals surface area contributed by atoms with Crippen molar-refractivity contribution in [1.29, 1.82) is 5.26 Å². The van der Waals surface area contributed by atoms with Crippen molar-refractivity contribution in [3.05, 3.63) is 82.2 Å². The van der Waals surface area contributed by atoms with E-state index in [9.17, 15) is 10.1 Å². The second-order valence-electron chi connectivity index (χ2n) is 5.29. The number of hydrogen-bond donors (Lipinski definition) is 0. The molecule has 1 heterocycles. The fourth-order valence-electron chi connectivity index (χ4n) is 2.57. The number of rotatable bonds is 5. The summed E-state index contributed by atoms with van der Waals surface area (Å²) in [6, 6.07) is 18.7. The smallest absolute Gasteiger partial charge is 0.358 e. The van der Waals surface area contributed by atoms with E-state index in [0.29, 0.717) is 23.4 Å². The summed E-state index contributed by atoms with van der Waals surface area (Å²) < 4.78 is 1.78. The van der Waals surface area contributed by atoms with E-state index in [2.05, 4.69) is 4.98 Å². The van der Waals surface area contributed by atoms with Crippen LogP contribution in [0.15, 0.2) is 60.9 Å². The number of aryl methyl sites for hydroxylation is 2. The zero-order chi connectivity index (χ0) is 16.9. The second kappa shape index (κ2) is 6.75. The minimum atomic E-state index is -0.480. The Hall–Kier alpha value is -3.46. The summed E-state index contributed by atoms with van der Waals surface area (Å²) in [4.78, 5) is 14.7. The molecule has 0 unspecified atom stereocenters. The molecule has 3 rings (SSSR count). The molecule has 1 aromatic heterocycles. The topological polar surface area (TPSA) is 84.8 Å². The summed E-state index contributed by atoms with van der Waals surface area (Å²) >= 11 is 0. The zero-order valence-corrected chi connectivity index (χ0v) is 12.8. The first-order chi connectivity index (χ1) is 11.7. The van der Waals surface area contributed by atoms with Crippen LogP contribution < -0.4 is 0 Å². The monoisotopic (exact) mass is 318 g/mol. The van der Waals surface area contributed by atoms with E-state index in [-0.39, 0.29) is 5.82 Å². The van der Waals surface area contributed by atoms with Crippen LogP contribution in [-0.4, -0.2) is 14.5 Å². The van der Waals surface area contributed by atoms with Crippen LogP contribution in [0.4, 0.5) is 5.82 Å². The van der Waals surface area contributed by atoms with Gasteiger partial charge in [0.2, 0.25) is 6.33 Å². The molecule has 0 amide bonds. The van der Waals surface area contributed by atoms with Crippen molar-refractivity contribution in [3.63, 3.8) is 0 Å². The first kappa shape index (κ1) is 15.4. The Morgan fingerprint density at radius 3 is 2.46 bits per heavy atom. The minimum Gasteiger partial charge on any atom is -0.358 e.